The van der Waals surface area contributed by atoms with Crippen molar-refractivity contribution in [3.8, 4) is 6.07 Å². The van der Waals surface area contributed by atoms with Crippen molar-refractivity contribution in [1.82, 2.24) is 4.98 Å². The lowest BCUT2D eigenvalue weighted by Crippen LogP contribution is -2.20. The third kappa shape index (κ3) is 2.70. The summed E-state index contributed by atoms with van der Waals surface area (Å²) in [6, 6.07) is 3.63. The largest absolute Gasteiger partial charge is 0.478 e. The van der Waals surface area contributed by atoms with Crippen molar-refractivity contribution in [2.45, 2.75) is 13.3 Å². The van der Waals surface area contributed by atoms with Gasteiger partial charge >= 0.3 is 5.97 Å². The van der Waals surface area contributed by atoms with E-state index in [1.54, 1.807) is 13.0 Å². The molecule has 0 bridgehead atoms. The van der Waals surface area contributed by atoms with Crippen LogP contribution < -0.4 is 4.90 Å². The summed E-state index contributed by atoms with van der Waals surface area (Å²) in [4.78, 5) is 16.6. The smallest absolute Gasteiger partial charge is 0.337 e. The fourth-order valence-corrected chi connectivity index (χ4v) is 1.41. The number of aromatic carboxylic acids is 1. The van der Waals surface area contributed by atoms with Crippen LogP contribution in [0.5, 0.6) is 0 Å². The standard InChI is InChI=1S/C11H13N3O2/c1-8-6-9(11(15)16)7-13-10(8)14(2)5-3-4-12/h6-7H,3,5H2,1-2H3,(H,15,16). The molecule has 0 saturated heterocycles. The predicted molar refractivity (Wildman–Crippen MR) is 59.4 cm³/mol. The monoisotopic (exact) mass is 219 g/mol. The molecular weight excluding hydrogens is 206 g/mol. The van der Waals surface area contributed by atoms with Crippen LogP contribution in [-0.4, -0.2) is 29.7 Å². The fourth-order valence-electron chi connectivity index (χ4n) is 1.41. The third-order valence-electron chi connectivity index (χ3n) is 2.22. The summed E-state index contributed by atoms with van der Waals surface area (Å²) in [6.07, 6.45) is 1.74. The van der Waals surface area contributed by atoms with E-state index >= 15 is 0 Å². The zero-order valence-corrected chi connectivity index (χ0v) is 9.27. The molecule has 0 radical (unpaired) electrons. The maximum Gasteiger partial charge on any atom is 0.337 e. The van der Waals surface area contributed by atoms with E-state index in [0.717, 1.165) is 5.56 Å². The molecule has 0 aliphatic rings. The Labute approximate surface area is 93.9 Å². The number of carbonyl (C=O) groups is 1. The van der Waals surface area contributed by atoms with Gasteiger partial charge in [-0.3, -0.25) is 0 Å². The van der Waals surface area contributed by atoms with E-state index in [4.69, 9.17) is 10.4 Å². The Bertz CT molecular complexity index is 437. The van der Waals surface area contributed by atoms with Gasteiger partial charge in [-0.15, -0.1) is 0 Å². The molecule has 0 atom stereocenters. The number of aryl methyl sites for hydroxylation is 1. The summed E-state index contributed by atoms with van der Waals surface area (Å²) >= 11 is 0. The van der Waals surface area contributed by atoms with E-state index in [9.17, 15) is 4.79 Å². The lowest BCUT2D eigenvalue weighted by atomic mass is 10.2. The molecule has 1 aromatic rings. The van der Waals surface area contributed by atoms with Gasteiger partial charge in [0.05, 0.1) is 18.1 Å². The van der Waals surface area contributed by atoms with Crippen LogP contribution in [0, 0.1) is 18.3 Å². The molecule has 5 nitrogen and oxygen atoms in total. The molecule has 84 valence electrons. The number of hydrogen-bond acceptors (Lipinski definition) is 4. The molecule has 0 aliphatic heterocycles. The van der Waals surface area contributed by atoms with Gasteiger partial charge < -0.3 is 10.0 Å². The molecular formula is C11H13N3O2. The third-order valence-corrected chi connectivity index (χ3v) is 2.22. The van der Waals surface area contributed by atoms with E-state index in [1.807, 2.05) is 11.9 Å². The molecule has 0 aromatic carbocycles. The van der Waals surface area contributed by atoms with Gasteiger partial charge in [-0.2, -0.15) is 5.26 Å². The van der Waals surface area contributed by atoms with Crippen LogP contribution in [-0.2, 0) is 0 Å². The Kier molecular flexibility index (Phi) is 3.84. The Balaban J connectivity index is 2.91. The van der Waals surface area contributed by atoms with E-state index in [1.165, 1.54) is 6.20 Å². The van der Waals surface area contributed by atoms with E-state index in [-0.39, 0.29) is 5.56 Å². The highest BCUT2D eigenvalue weighted by Gasteiger charge is 2.09. The van der Waals surface area contributed by atoms with Crippen LogP contribution in [0.4, 0.5) is 5.82 Å². The molecule has 1 heterocycles. The summed E-state index contributed by atoms with van der Waals surface area (Å²) in [5.74, 6) is -0.276. The summed E-state index contributed by atoms with van der Waals surface area (Å²) in [5.41, 5.74) is 0.968. The number of nitriles is 1. The summed E-state index contributed by atoms with van der Waals surface area (Å²) < 4.78 is 0. The van der Waals surface area contributed by atoms with Gasteiger partial charge in [-0.05, 0) is 18.6 Å². The zero-order chi connectivity index (χ0) is 12.1. The second kappa shape index (κ2) is 5.12. The molecule has 5 heteroatoms. The van der Waals surface area contributed by atoms with Gasteiger partial charge in [-0.1, -0.05) is 0 Å². The van der Waals surface area contributed by atoms with Gasteiger partial charge in [0, 0.05) is 19.8 Å². The fraction of sp³-hybridized carbons (Fsp3) is 0.364. The lowest BCUT2D eigenvalue weighted by Gasteiger charge is -2.18. The van der Waals surface area contributed by atoms with Gasteiger partial charge in [0.25, 0.3) is 0 Å². The van der Waals surface area contributed by atoms with Crippen molar-refractivity contribution in [3.05, 3.63) is 23.4 Å². The summed E-state index contributed by atoms with van der Waals surface area (Å²) in [5, 5.41) is 17.3. The highest BCUT2D eigenvalue weighted by atomic mass is 16.4. The van der Waals surface area contributed by atoms with Gasteiger partial charge in [0.15, 0.2) is 0 Å². The molecule has 1 aromatic heterocycles. The number of hydrogen-bond donors (Lipinski definition) is 1. The van der Waals surface area contributed by atoms with Crippen LogP contribution in [0.1, 0.15) is 22.3 Å². The van der Waals surface area contributed by atoms with Crippen molar-refractivity contribution >= 4 is 11.8 Å². The molecule has 1 N–H and O–H groups in total. The van der Waals surface area contributed by atoms with Crippen LogP contribution in [0.15, 0.2) is 12.3 Å². The van der Waals surface area contributed by atoms with Crippen LogP contribution in [0.2, 0.25) is 0 Å². The lowest BCUT2D eigenvalue weighted by molar-refractivity contribution is 0.0696. The maximum absolute atomic E-state index is 10.7. The molecule has 0 aliphatic carbocycles. The maximum atomic E-state index is 10.7. The molecule has 0 unspecified atom stereocenters. The van der Waals surface area contributed by atoms with E-state index in [0.29, 0.717) is 18.8 Å². The van der Waals surface area contributed by atoms with Crippen LogP contribution >= 0.6 is 0 Å². The summed E-state index contributed by atoms with van der Waals surface area (Å²) in [6.45, 7) is 2.38. The van der Waals surface area contributed by atoms with Gasteiger partial charge in [0.1, 0.15) is 5.82 Å². The molecule has 0 saturated carbocycles. The Hall–Kier alpha value is -2.09. The number of aromatic nitrogens is 1. The number of carboxylic acids is 1. The number of carboxylic acid groups (broad SMARTS) is 1. The first kappa shape index (κ1) is 12.0. The predicted octanol–water partition coefficient (Wildman–Crippen LogP) is 1.44. The summed E-state index contributed by atoms with van der Waals surface area (Å²) in [7, 11) is 1.83. The van der Waals surface area contributed by atoms with Crippen molar-refractivity contribution in [2.24, 2.45) is 0 Å². The number of rotatable bonds is 4. The van der Waals surface area contributed by atoms with E-state index in [2.05, 4.69) is 11.1 Å². The number of pyridine rings is 1. The normalized spacial score (nSPS) is 9.56. The van der Waals surface area contributed by atoms with Crippen molar-refractivity contribution in [2.75, 3.05) is 18.5 Å². The topological polar surface area (TPSA) is 77.2 Å². The SMILES string of the molecule is Cc1cc(C(=O)O)cnc1N(C)CCC#N. The first-order chi connectivity index (χ1) is 7.56. The second-order valence-corrected chi connectivity index (χ2v) is 3.50. The number of nitrogens with zero attached hydrogens (tertiary/aromatic N) is 3. The van der Waals surface area contributed by atoms with Gasteiger partial charge in [0.2, 0.25) is 0 Å². The average Bonchev–Trinajstić information content (AvgIpc) is 2.25. The second-order valence-electron chi connectivity index (χ2n) is 3.50. The van der Waals surface area contributed by atoms with E-state index < -0.39 is 5.97 Å². The highest BCUT2D eigenvalue weighted by molar-refractivity contribution is 5.87. The quantitative estimate of drug-likeness (QED) is 0.829. The van der Waals surface area contributed by atoms with Crippen molar-refractivity contribution in [3.63, 3.8) is 0 Å². The Morgan fingerprint density at radius 3 is 2.88 bits per heavy atom. The molecule has 1 rings (SSSR count). The first-order valence-corrected chi connectivity index (χ1v) is 4.84. The number of anilines is 1. The zero-order valence-electron chi connectivity index (χ0n) is 9.27. The first-order valence-electron chi connectivity index (χ1n) is 4.84. The van der Waals surface area contributed by atoms with Gasteiger partial charge in [-0.25, -0.2) is 9.78 Å². The molecule has 0 spiro atoms. The minimum Gasteiger partial charge on any atom is -0.478 e. The van der Waals surface area contributed by atoms with Crippen molar-refractivity contribution in [1.29, 1.82) is 5.26 Å². The average molecular weight is 219 g/mol. The minimum atomic E-state index is -0.984. The molecule has 0 fully saturated rings. The van der Waals surface area contributed by atoms with Crippen LogP contribution in [0.3, 0.4) is 0 Å². The minimum absolute atomic E-state index is 0.176. The van der Waals surface area contributed by atoms with Crippen LogP contribution in [0.25, 0.3) is 0 Å². The Morgan fingerprint density at radius 1 is 1.69 bits per heavy atom. The molecule has 0 amide bonds. The van der Waals surface area contributed by atoms with Crippen molar-refractivity contribution < 1.29 is 9.90 Å². The Morgan fingerprint density at radius 2 is 2.38 bits per heavy atom. The highest BCUT2D eigenvalue weighted by Crippen LogP contribution is 2.16. The molecule has 16 heavy (non-hydrogen) atoms.